The summed E-state index contributed by atoms with van der Waals surface area (Å²) in [7, 11) is 0. The van der Waals surface area contributed by atoms with Gasteiger partial charge in [-0.3, -0.25) is 4.79 Å². The first kappa shape index (κ1) is 15.3. The molecular weight excluding hydrogens is 331 g/mol. The summed E-state index contributed by atoms with van der Waals surface area (Å²) in [4.78, 5) is 16.0. The third kappa shape index (κ3) is 4.20. The number of aromatic nitrogens is 1. The lowest BCUT2D eigenvalue weighted by atomic mass is 10.2. The molecule has 0 unspecified atom stereocenters. The van der Waals surface area contributed by atoms with Crippen LogP contribution >= 0.6 is 34.5 Å². The van der Waals surface area contributed by atoms with Crippen LogP contribution in [-0.4, -0.2) is 10.9 Å². The highest BCUT2D eigenvalue weighted by molar-refractivity contribution is 7.13. The van der Waals surface area contributed by atoms with Crippen molar-refractivity contribution in [3.05, 3.63) is 51.6 Å². The van der Waals surface area contributed by atoms with E-state index in [1.165, 1.54) is 23.6 Å². The van der Waals surface area contributed by atoms with Crippen molar-refractivity contribution < 1.29 is 4.79 Å². The largest absolute Gasteiger partial charge is 0.337 e. The van der Waals surface area contributed by atoms with Crippen LogP contribution in [0.2, 0.25) is 10.0 Å². The summed E-state index contributed by atoms with van der Waals surface area (Å²) in [6, 6.07) is 6.46. The number of carbonyl (C=O) groups excluding carboxylic acids is 1. The van der Waals surface area contributed by atoms with Crippen molar-refractivity contribution in [2.75, 3.05) is 10.6 Å². The van der Waals surface area contributed by atoms with Crippen LogP contribution in [-0.2, 0) is 4.79 Å². The Morgan fingerprint density at radius 1 is 1.43 bits per heavy atom. The zero-order valence-corrected chi connectivity index (χ0v) is 12.8. The first-order valence-electron chi connectivity index (χ1n) is 5.63. The highest BCUT2D eigenvalue weighted by Gasteiger charge is 2.11. The number of halogens is 2. The lowest BCUT2D eigenvalue weighted by Crippen LogP contribution is -2.14. The van der Waals surface area contributed by atoms with E-state index in [2.05, 4.69) is 15.6 Å². The molecule has 0 atom stereocenters. The number of amides is 1. The highest BCUT2D eigenvalue weighted by Crippen LogP contribution is 2.25. The summed E-state index contributed by atoms with van der Waals surface area (Å²) >= 11 is 13.1. The van der Waals surface area contributed by atoms with Crippen LogP contribution in [0.4, 0.5) is 10.8 Å². The maximum absolute atomic E-state index is 12.0. The Labute approximate surface area is 134 Å². The monoisotopic (exact) mass is 338 g/mol. The molecule has 8 heteroatoms. The van der Waals surface area contributed by atoms with Gasteiger partial charge in [-0.25, -0.2) is 4.98 Å². The van der Waals surface area contributed by atoms with Crippen molar-refractivity contribution in [2.45, 2.75) is 0 Å². The summed E-state index contributed by atoms with van der Waals surface area (Å²) in [6.45, 7) is 0. The van der Waals surface area contributed by atoms with E-state index in [0.29, 0.717) is 20.9 Å². The average Bonchev–Trinajstić information content (AvgIpc) is 2.96. The molecule has 2 N–H and O–H groups in total. The molecule has 0 saturated carbocycles. The molecule has 0 spiro atoms. The minimum Gasteiger partial charge on any atom is -0.337 e. The van der Waals surface area contributed by atoms with Gasteiger partial charge < -0.3 is 10.6 Å². The summed E-state index contributed by atoms with van der Waals surface area (Å²) in [5.41, 5.74) is 0.276. The number of nitrogens with one attached hydrogen (secondary N) is 2. The van der Waals surface area contributed by atoms with E-state index in [9.17, 15) is 4.79 Å². The lowest BCUT2D eigenvalue weighted by molar-refractivity contribution is -0.112. The van der Waals surface area contributed by atoms with Gasteiger partial charge in [-0.2, -0.15) is 5.26 Å². The fourth-order valence-electron chi connectivity index (χ4n) is 1.36. The number of hydrogen-bond donors (Lipinski definition) is 2. The second kappa shape index (κ2) is 7.09. The molecule has 1 aromatic heterocycles. The molecular formula is C13H8Cl2N4OS. The van der Waals surface area contributed by atoms with Crippen LogP contribution in [0.15, 0.2) is 41.5 Å². The zero-order valence-electron chi connectivity index (χ0n) is 10.4. The van der Waals surface area contributed by atoms with Crippen molar-refractivity contribution in [3.63, 3.8) is 0 Å². The van der Waals surface area contributed by atoms with Crippen LogP contribution in [0.3, 0.4) is 0 Å². The van der Waals surface area contributed by atoms with Crippen molar-refractivity contribution >= 4 is 51.3 Å². The second-order valence-electron chi connectivity index (χ2n) is 3.73. The molecule has 2 rings (SSSR count). The fraction of sp³-hybridized carbons (Fsp3) is 0. The fourth-order valence-corrected chi connectivity index (χ4v) is 2.31. The predicted octanol–water partition coefficient (Wildman–Crippen LogP) is 3.91. The van der Waals surface area contributed by atoms with Crippen LogP contribution in [0.25, 0.3) is 0 Å². The maximum atomic E-state index is 12.0. The van der Waals surface area contributed by atoms with E-state index >= 15 is 0 Å². The van der Waals surface area contributed by atoms with Gasteiger partial charge in [0.25, 0.3) is 5.91 Å². The quantitative estimate of drug-likeness (QED) is 0.654. The molecule has 1 heterocycles. The molecule has 0 aliphatic rings. The molecule has 1 aromatic carbocycles. The smallest absolute Gasteiger partial charge is 0.267 e. The number of benzene rings is 1. The topological polar surface area (TPSA) is 77.8 Å². The Morgan fingerprint density at radius 2 is 2.24 bits per heavy atom. The summed E-state index contributed by atoms with van der Waals surface area (Å²) < 4.78 is 0. The van der Waals surface area contributed by atoms with Gasteiger partial charge in [0.1, 0.15) is 11.6 Å². The van der Waals surface area contributed by atoms with E-state index in [-0.39, 0.29) is 5.57 Å². The second-order valence-corrected chi connectivity index (χ2v) is 5.47. The first-order valence-corrected chi connectivity index (χ1v) is 7.26. The summed E-state index contributed by atoms with van der Waals surface area (Å²) in [5, 5.41) is 17.4. The van der Waals surface area contributed by atoms with Gasteiger partial charge in [-0.1, -0.05) is 23.2 Å². The van der Waals surface area contributed by atoms with E-state index < -0.39 is 5.91 Å². The third-order valence-electron chi connectivity index (χ3n) is 2.32. The third-order valence-corrected chi connectivity index (χ3v) is 3.57. The predicted molar refractivity (Wildman–Crippen MR) is 84.5 cm³/mol. The van der Waals surface area contributed by atoms with Gasteiger partial charge in [0.15, 0.2) is 5.13 Å². The van der Waals surface area contributed by atoms with Crippen molar-refractivity contribution in [1.29, 1.82) is 5.26 Å². The number of rotatable bonds is 4. The Morgan fingerprint density at radius 3 is 2.86 bits per heavy atom. The van der Waals surface area contributed by atoms with Crippen LogP contribution < -0.4 is 10.6 Å². The molecule has 5 nitrogen and oxygen atoms in total. The Hall–Kier alpha value is -2.07. The Kier molecular flexibility index (Phi) is 5.17. The Balaban J connectivity index is 2.10. The van der Waals surface area contributed by atoms with Crippen molar-refractivity contribution in [2.24, 2.45) is 0 Å². The molecule has 2 aromatic rings. The lowest BCUT2D eigenvalue weighted by Gasteiger charge is -2.06. The standard InChI is InChI=1S/C13H8Cl2N4OS/c14-9-1-2-11(10(15)5-9)19-12(20)8(6-16)7-18-13-17-3-4-21-13/h1-5,7H,(H,17,18)(H,19,20)/b8-7-. The van der Waals surface area contributed by atoms with Gasteiger partial charge in [0, 0.05) is 22.8 Å². The van der Waals surface area contributed by atoms with Gasteiger partial charge in [0.05, 0.1) is 10.7 Å². The van der Waals surface area contributed by atoms with E-state index in [1.807, 2.05) is 6.07 Å². The molecule has 0 radical (unpaired) electrons. The summed E-state index contributed by atoms with van der Waals surface area (Å²) in [5.74, 6) is -0.578. The number of hydrogen-bond acceptors (Lipinski definition) is 5. The number of nitriles is 1. The molecule has 21 heavy (non-hydrogen) atoms. The normalized spacial score (nSPS) is 10.8. The number of anilines is 2. The van der Waals surface area contributed by atoms with Gasteiger partial charge in [0.2, 0.25) is 0 Å². The van der Waals surface area contributed by atoms with Crippen LogP contribution in [0.1, 0.15) is 0 Å². The molecule has 0 bridgehead atoms. The molecule has 0 saturated heterocycles. The molecule has 0 aliphatic heterocycles. The molecule has 1 amide bonds. The number of thiazole rings is 1. The summed E-state index contributed by atoms with van der Waals surface area (Å²) in [6.07, 6.45) is 2.90. The molecule has 106 valence electrons. The van der Waals surface area contributed by atoms with Crippen LogP contribution in [0.5, 0.6) is 0 Å². The minimum atomic E-state index is -0.578. The zero-order chi connectivity index (χ0) is 15.2. The molecule has 0 aliphatic carbocycles. The maximum Gasteiger partial charge on any atom is 0.267 e. The first-order chi connectivity index (χ1) is 10.1. The highest BCUT2D eigenvalue weighted by atomic mass is 35.5. The van der Waals surface area contributed by atoms with Gasteiger partial charge in [-0.05, 0) is 18.2 Å². The van der Waals surface area contributed by atoms with Gasteiger partial charge >= 0.3 is 0 Å². The molecule has 0 fully saturated rings. The van der Waals surface area contributed by atoms with Crippen molar-refractivity contribution in [3.8, 4) is 6.07 Å². The average molecular weight is 339 g/mol. The van der Waals surface area contributed by atoms with Crippen LogP contribution in [0, 0.1) is 11.3 Å². The van der Waals surface area contributed by atoms with E-state index in [4.69, 9.17) is 28.5 Å². The minimum absolute atomic E-state index is 0.101. The number of carbonyl (C=O) groups is 1. The number of nitrogens with zero attached hydrogens (tertiary/aromatic N) is 2. The Bertz CT molecular complexity index is 722. The SMILES string of the molecule is N#C/C(=C/Nc1nccs1)C(=O)Nc1ccc(Cl)cc1Cl. The van der Waals surface area contributed by atoms with Gasteiger partial charge in [-0.15, -0.1) is 11.3 Å². The van der Waals surface area contributed by atoms with Crippen molar-refractivity contribution in [1.82, 2.24) is 4.98 Å². The van der Waals surface area contributed by atoms with E-state index in [0.717, 1.165) is 0 Å². The van der Waals surface area contributed by atoms with E-state index in [1.54, 1.807) is 23.7 Å².